The van der Waals surface area contributed by atoms with E-state index in [1.807, 2.05) is 18.2 Å². The minimum Gasteiger partial charge on any atom is -0.497 e. The Bertz CT molecular complexity index is 833. The van der Waals surface area contributed by atoms with Crippen molar-refractivity contribution in [3.63, 3.8) is 0 Å². The van der Waals surface area contributed by atoms with Crippen molar-refractivity contribution in [3.8, 4) is 11.5 Å². The lowest BCUT2D eigenvalue weighted by Gasteiger charge is -2.18. The quantitative estimate of drug-likeness (QED) is 0.554. The van der Waals surface area contributed by atoms with Crippen LogP contribution in [0.15, 0.2) is 42.5 Å². The van der Waals surface area contributed by atoms with Gasteiger partial charge >= 0.3 is 5.97 Å². The highest BCUT2D eigenvalue weighted by Crippen LogP contribution is 2.32. The molecule has 27 heavy (non-hydrogen) atoms. The molecule has 142 valence electrons. The third kappa shape index (κ3) is 4.22. The van der Waals surface area contributed by atoms with Gasteiger partial charge in [0.25, 0.3) is 0 Å². The molecule has 1 aliphatic heterocycles. The van der Waals surface area contributed by atoms with Gasteiger partial charge in [-0.25, -0.2) is 4.79 Å². The molecule has 2 aromatic carbocycles. The van der Waals surface area contributed by atoms with Crippen molar-refractivity contribution in [2.24, 2.45) is 0 Å². The zero-order valence-electron chi connectivity index (χ0n) is 15.6. The van der Waals surface area contributed by atoms with Crippen molar-refractivity contribution >= 4 is 17.6 Å². The fraction of sp³-hybridized carbons (Fsp3) is 0.333. The minimum absolute atomic E-state index is 0.0619. The van der Waals surface area contributed by atoms with Gasteiger partial charge in [-0.05, 0) is 36.6 Å². The molecule has 0 bridgehead atoms. The molecule has 1 amide bonds. The van der Waals surface area contributed by atoms with Gasteiger partial charge in [-0.15, -0.1) is 0 Å². The molecule has 0 N–H and O–H groups in total. The Morgan fingerprint density at radius 2 is 1.93 bits per heavy atom. The first-order valence-corrected chi connectivity index (χ1v) is 8.91. The van der Waals surface area contributed by atoms with Crippen LogP contribution in [-0.4, -0.2) is 39.2 Å². The molecule has 3 rings (SSSR count). The van der Waals surface area contributed by atoms with Gasteiger partial charge in [-0.1, -0.05) is 18.2 Å². The number of rotatable bonds is 7. The van der Waals surface area contributed by atoms with E-state index in [9.17, 15) is 9.59 Å². The second-order valence-electron chi connectivity index (χ2n) is 6.23. The average molecular weight is 369 g/mol. The Hall–Kier alpha value is -3.02. The van der Waals surface area contributed by atoms with Gasteiger partial charge in [0.15, 0.2) is 0 Å². The molecule has 6 nitrogen and oxygen atoms in total. The summed E-state index contributed by atoms with van der Waals surface area (Å²) in [7, 11) is 2.95. The van der Waals surface area contributed by atoms with Crippen LogP contribution in [0.4, 0.5) is 5.69 Å². The Morgan fingerprint density at radius 1 is 1.11 bits per heavy atom. The number of anilines is 1. The molecule has 0 aliphatic carbocycles. The maximum Gasteiger partial charge on any atom is 0.341 e. The first-order valence-electron chi connectivity index (χ1n) is 8.91. The van der Waals surface area contributed by atoms with E-state index in [1.54, 1.807) is 36.3 Å². The number of carbonyl (C=O) groups is 2. The summed E-state index contributed by atoms with van der Waals surface area (Å²) < 4.78 is 15.7. The molecule has 1 heterocycles. The smallest absolute Gasteiger partial charge is 0.341 e. The Morgan fingerprint density at radius 3 is 2.70 bits per heavy atom. The maximum absolute atomic E-state index is 12.6. The van der Waals surface area contributed by atoms with E-state index in [0.29, 0.717) is 37.3 Å². The van der Waals surface area contributed by atoms with E-state index < -0.39 is 5.97 Å². The lowest BCUT2D eigenvalue weighted by atomic mass is 10.1. The second kappa shape index (κ2) is 8.58. The van der Waals surface area contributed by atoms with Crippen molar-refractivity contribution in [1.82, 2.24) is 0 Å². The van der Waals surface area contributed by atoms with Crippen LogP contribution in [0.2, 0.25) is 0 Å². The van der Waals surface area contributed by atoms with Crippen LogP contribution in [0, 0.1) is 0 Å². The molecule has 0 radical (unpaired) electrons. The van der Waals surface area contributed by atoms with Crippen LogP contribution >= 0.6 is 0 Å². The molecule has 6 heteroatoms. The lowest BCUT2D eigenvalue weighted by molar-refractivity contribution is -0.118. The molecule has 0 aromatic heterocycles. The van der Waals surface area contributed by atoms with Crippen LogP contribution in [0.1, 0.15) is 28.8 Å². The minimum atomic E-state index is -0.440. The highest BCUT2D eigenvalue weighted by Gasteiger charge is 2.24. The van der Waals surface area contributed by atoms with E-state index in [0.717, 1.165) is 23.4 Å². The number of benzene rings is 2. The summed E-state index contributed by atoms with van der Waals surface area (Å²) in [6.07, 6.45) is 1.79. The van der Waals surface area contributed by atoms with Gasteiger partial charge < -0.3 is 19.1 Å². The van der Waals surface area contributed by atoms with E-state index in [-0.39, 0.29) is 5.91 Å². The van der Waals surface area contributed by atoms with Crippen molar-refractivity contribution in [2.45, 2.75) is 19.3 Å². The lowest BCUT2D eigenvalue weighted by Crippen LogP contribution is -2.29. The van der Waals surface area contributed by atoms with E-state index in [4.69, 9.17) is 14.2 Å². The first-order chi connectivity index (χ1) is 13.1. The van der Waals surface area contributed by atoms with E-state index in [2.05, 4.69) is 0 Å². The van der Waals surface area contributed by atoms with Crippen molar-refractivity contribution < 1.29 is 23.8 Å². The predicted octanol–water partition coefficient (Wildman–Crippen LogP) is 3.23. The van der Waals surface area contributed by atoms with Gasteiger partial charge in [-0.2, -0.15) is 0 Å². The summed E-state index contributed by atoms with van der Waals surface area (Å²) in [6.45, 7) is 1.03. The predicted molar refractivity (Wildman–Crippen MR) is 102 cm³/mol. The fourth-order valence-electron chi connectivity index (χ4n) is 3.16. The third-order valence-electron chi connectivity index (χ3n) is 4.57. The number of amides is 1. The zero-order valence-corrected chi connectivity index (χ0v) is 15.6. The summed E-state index contributed by atoms with van der Waals surface area (Å²) in [5.41, 5.74) is 2.47. The normalized spacial score (nSPS) is 12.4. The summed E-state index contributed by atoms with van der Waals surface area (Å²) in [4.78, 5) is 26.1. The van der Waals surface area contributed by atoms with Gasteiger partial charge in [-0.3, -0.25) is 4.79 Å². The van der Waals surface area contributed by atoms with Crippen LogP contribution in [-0.2, 0) is 16.0 Å². The molecule has 0 saturated heterocycles. The molecule has 0 fully saturated rings. The Kier molecular flexibility index (Phi) is 5.96. The molecule has 0 atom stereocenters. The van der Waals surface area contributed by atoms with Crippen molar-refractivity contribution in [3.05, 3.63) is 53.6 Å². The molecule has 1 aliphatic rings. The SMILES string of the molecule is COC(=O)c1ccccc1OCCCC(=O)N1CCc2ccc(OC)cc21. The number of para-hydroxylation sites is 1. The molecular weight excluding hydrogens is 346 g/mol. The number of ether oxygens (including phenoxy) is 3. The van der Waals surface area contributed by atoms with Gasteiger partial charge in [0.05, 0.1) is 26.5 Å². The van der Waals surface area contributed by atoms with Gasteiger partial charge in [0.1, 0.15) is 17.1 Å². The number of carbonyl (C=O) groups excluding carboxylic acids is 2. The van der Waals surface area contributed by atoms with Crippen LogP contribution in [0.25, 0.3) is 0 Å². The van der Waals surface area contributed by atoms with Crippen molar-refractivity contribution in [2.75, 3.05) is 32.3 Å². The van der Waals surface area contributed by atoms with E-state index in [1.165, 1.54) is 7.11 Å². The number of hydrogen-bond acceptors (Lipinski definition) is 5. The number of nitrogens with zero attached hydrogens (tertiary/aromatic N) is 1. The van der Waals surface area contributed by atoms with Gasteiger partial charge in [0, 0.05) is 19.0 Å². The Labute approximate surface area is 158 Å². The van der Waals surface area contributed by atoms with Crippen molar-refractivity contribution in [1.29, 1.82) is 0 Å². The second-order valence-corrected chi connectivity index (χ2v) is 6.23. The van der Waals surface area contributed by atoms with E-state index >= 15 is 0 Å². The summed E-state index contributed by atoms with van der Waals surface area (Å²) in [5.74, 6) is 0.834. The molecule has 2 aromatic rings. The number of methoxy groups -OCH3 is 2. The highest BCUT2D eigenvalue weighted by atomic mass is 16.5. The highest BCUT2D eigenvalue weighted by molar-refractivity contribution is 5.95. The molecule has 0 spiro atoms. The summed E-state index contributed by atoms with van der Waals surface area (Å²) >= 11 is 0. The standard InChI is InChI=1S/C21H23NO5/c1-25-16-10-9-15-11-12-22(18(15)14-16)20(23)8-5-13-27-19-7-4-3-6-17(19)21(24)26-2/h3-4,6-7,9-10,14H,5,8,11-13H2,1-2H3. The molecular formula is C21H23NO5. The topological polar surface area (TPSA) is 65.1 Å². The zero-order chi connectivity index (χ0) is 19.2. The number of esters is 1. The summed E-state index contributed by atoms with van der Waals surface area (Å²) in [5, 5.41) is 0. The first kappa shape index (κ1) is 18.8. The van der Waals surface area contributed by atoms with Crippen LogP contribution < -0.4 is 14.4 Å². The van der Waals surface area contributed by atoms with Crippen LogP contribution in [0.3, 0.4) is 0 Å². The monoisotopic (exact) mass is 369 g/mol. The molecule has 0 saturated carbocycles. The largest absolute Gasteiger partial charge is 0.497 e. The molecule has 0 unspecified atom stereocenters. The maximum atomic E-state index is 12.6. The average Bonchev–Trinajstić information content (AvgIpc) is 3.14. The third-order valence-corrected chi connectivity index (χ3v) is 4.57. The Balaban J connectivity index is 1.54. The van der Waals surface area contributed by atoms with Crippen LogP contribution in [0.5, 0.6) is 11.5 Å². The number of fused-ring (bicyclic) bond motifs is 1. The van der Waals surface area contributed by atoms with Gasteiger partial charge in [0.2, 0.25) is 5.91 Å². The summed E-state index contributed by atoms with van der Waals surface area (Å²) in [6, 6.07) is 12.7. The number of hydrogen-bond donors (Lipinski definition) is 0. The fourth-order valence-corrected chi connectivity index (χ4v) is 3.16.